The summed E-state index contributed by atoms with van der Waals surface area (Å²) < 4.78 is 11.2. The molecule has 6 heteroatoms. The second kappa shape index (κ2) is 7.53. The largest absolute Gasteiger partial charge is 0.486 e. The second-order valence-electron chi connectivity index (χ2n) is 6.67. The molecule has 0 amide bonds. The molecule has 0 saturated heterocycles. The average Bonchev–Trinajstić information content (AvgIpc) is 2.69. The molecule has 0 spiro atoms. The van der Waals surface area contributed by atoms with Crippen molar-refractivity contribution in [1.82, 2.24) is 9.97 Å². The number of benzene rings is 2. The third-order valence-corrected chi connectivity index (χ3v) is 4.33. The van der Waals surface area contributed by atoms with Crippen molar-refractivity contribution in [3.05, 3.63) is 60.4 Å². The maximum Gasteiger partial charge on any atom is 0.163 e. The van der Waals surface area contributed by atoms with Gasteiger partial charge in [-0.3, -0.25) is 0 Å². The van der Waals surface area contributed by atoms with Crippen molar-refractivity contribution >= 4 is 23.0 Å². The SMILES string of the molecule is CC(C)c1ccc(Nc2cc(Nc3ccc4c(c3)OCCO4)ncn2)cc1. The maximum absolute atomic E-state index is 5.62. The van der Waals surface area contributed by atoms with E-state index >= 15 is 0 Å². The minimum atomic E-state index is 0.514. The molecule has 2 N–H and O–H groups in total. The molecule has 0 radical (unpaired) electrons. The zero-order valence-electron chi connectivity index (χ0n) is 15.4. The highest BCUT2D eigenvalue weighted by atomic mass is 16.6. The van der Waals surface area contributed by atoms with E-state index in [4.69, 9.17) is 9.47 Å². The summed E-state index contributed by atoms with van der Waals surface area (Å²) >= 11 is 0. The number of fused-ring (bicyclic) bond motifs is 1. The fourth-order valence-corrected chi connectivity index (χ4v) is 2.86. The van der Waals surface area contributed by atoms with Gasteiger partial charge in [-0.25, -0.2) is 9.97 Å². The molecular weight excluding hydrogens is 340 g/mol. The minimum Gasteiger partial charge on any atom is -0.486 e. The predicted octanol–water partition coefficient (Wildman–Crippen LogP) is 4.86. The molecule has 2 aromatic carbocycles. The van der Waals surface area contributed by atoms with Crippen LogP contribution in [0.2, 0.25) is 0 Å². The van der Waals surface area contributed by atoms with Crippen molar-refractivity contribution in [2.75, 3.05) is 23.8 Å². The predicted molar refractivity (Wildman–Crippen MR) is 107 cm³/mol. The van der Waals surface area contributed by atoms with Crippen molar-refractivity contribution in [1.29, 1.82) is 0 Å². The highest BCUT2D eigenvalue weighted by Crippen LogP contribution is 2.33. The molecular formula is C21H22N4O2. The van der Waals surface area contributed by atoms with Crippen molar-refractivity contribution in [3.8, 4) is 11.5 Å². The Morgan fingerprint density at radius 1 is 0.778 bits per heavy atom. The Morgan fingerprint density at radius 3 is 2.11 bits per heavy atom. The Labute approximate surface area is 158 Å². The molecule has 138 valence electrons. The van der Waals surface area contributed by atoms with E-state index in [1.165, 1.54) is 11.9 Å². The number of ether oxygens (including phenoxy) is 2. The standard InChI is InChI=1S/C21H22N4O2/c1-14(2)15-3-5-16(6-4-15)24-20-12-21(23-13-22-20)25-17-7-8-18-19(11-17)27-10-9-26-18/h3-8,11-14H,9-10H2,1-2H3,(H2,22,23,24,25). The molecule has 2 heterocycles. The first-order valence-electron chi connectivity index (χ1n) is 9.03. The van der Waals surface area contributed by atoms with Gasteiger partial charge >= 0.3 is 0 Å². The van der Waals surface area contributed by atoms with Crippen LogP contribution >= 0.6 is 0 Å². The van der Waals surface area contributed by atoms with Crippen LogP contribution < -0.4 is 20.1 Å². The molecule has 1 aliphatic heterocycles. The van der Waals surface area contributed by atoms with E-state index in [0.717, 1.165) is 28.7 Å². The lowest BCUT2D eigenvalue weighted by atomic mass is 10.0. The quantitative estimate of drug-likeness (QED) is 0.676. The van der Waals surface area contributed by atoms with Gasteiger partial charge in [0.15, 0.2) is 11.5 Å². The molecule has 0 bridgehead atoms. The van der Waals surface area contributed by atoms with Crippen LogP contribution in [-0.4, -0.2) is 23.2 Å². The van der Waals surface area contributed by atoms with Crippen molar-refractivity contribution in [2.45, 2.75) is 19.8 Å². The van der Waals surface area contributed by atoms with E-state index in [1.807, 2.05) is 24.3 Å². The van der Waals surface area contributed by atoms with Gasteiger partial charge in [0.1, 0.15) is 31.2 Å². The Kier molecular flexibility index (Phi) is 4.78. The summed E-state index contributed by atoms with van der Waals surface area (Å²) in [6, 6.07) is 16.0. The number of aromatic nitrogens is 2. The van der Waals surface area contributed by atoms with Crippen LogP contribution in [0.5, 0.6) is 11.5 Å². The van der Waals surface area contributed by atoms with Crippen LogP contribution in [0.15, 0.2) is 54.9 Å². The van der Waals surface area contributed by atoms with E-state index < -0.39 is 0 Å². The van der Waals surface area contributed by atoms with Crippen molar-refractivity contribution in [2.24, 2.45) is 0 Å². The number of rotatable bonds is 5. The number of anilines is 4. The lowest BCUT2D eigenvalue weighted by Gasteiger charge is -2.19. The van der Waals surface area contributed by atoms with E-state index in [9.17, 15) is 0 Å². The first-order chi connectivity index (χ1) is 13.2. The summed E-state index contributed by atoms with van der Waals surface area (Å²) in [4.78, 5) is 8.59. The zero-order valence-corrected chi connectivity index (χ0v) is 15.4. The number of nitrogens with zero attached hydrogens (tertiary/aromatic N) is 2. The second-order valence-corrected chi connectivity index (χ2v) is 6.67. The molecule has 0 fully saturated rings. The number of nitrogens with one attached hydrogen (secondary N) is 2. The van der Waals surface area contributed by atoms with Gasteiger partial charge in [0.05, 0.1) is 0 Å². The zero-order chi connectivity index (χ0) is 18.6. The molecule has 0 atom stereocenters. The van der Waals surface area contributed by atoms with Gasteiger partial charge in [-0.15, -0.1) is 0 Å². The van der Waals surface area contributed by atoms with Crippen molar-refractivity contribution in [3.63, 3.8) is 0 Å². The fraction of sp³-hybridized carbons (Fsp3) is 0.238. The molecule has 3 aromatic rings. The molecule has 1 aromatic heterocycles. The summed E-state index contributed by atoms with van der Waals surface area (Å²) in [5.41, 5.74) is 3.18. The van der Waals surface area contributed by atoms with Gasteiger partial charge in [0, 0.05) is 23.5 Å². The van der Waals surface area contributed by atoms with E-state index in [0.29, 0.717) is 24.9 Å². The van der Waals surface area contributed by atoms with Gasteiger partial charge < -0.3 is 20.1 Å². The lowest BCUT2D eigenvalue weighted by molar-refractivity contribution is 0.171. The minimum absolute atomic E-state index is 0.514. The van der Waals surface area contributed by atoms with Gasteiger partial charge in [-0.1, -0.05) is 26.0 Å². The van der Waals surface area contributed by atoms with Gasteiger partial charge in [0.25, 0.3) is 0 Å². The maximum atomic E-state index is 5.62. The summed E-state index contributed by atoms with van der Waals surface area (Å²) in [6.45, 7) is 5.51. The van der Waals surface area contributed by atoms with E-state index in [2.05, 4.69) is 58.7 Å². The Morgan fingerprint density at radius 2 is 1.41 bits per heavy atom. The fourth-order valence-electron chi connectivity index (χ4n) is 2.86. The number of hydrogen-bond acceptors (Lipinski definition) is 6. The van der Waals surface area contributed by atoms with Crippen molar-refractivity contribution < 1.29 is 9.47 Å². The van der Waals surface area contributed by atoms with Gasteiger partial charge in [-0.05, 0) is 35.7 Å². The van der Waals surface area contributed by atoms with E-state index in [1.54, 1.807) is 0 Å². The van der Waals surface area contributed by atoms with E-state index in [-0.39, 0.29) is 0 Å². The Balaban J connectivity index is 1.47. The molecule has 6 nitrogen and oxygen atoms in total. The first kappa shape index (κ1) is 17.1. The Hall–Kier alpha value is -3.28. The normalized spacial score (nSPS) is 12.7. The summed E-state index contributed by atoms with van der Waals surface area (Å²) in [6.07, 6.45) is 1.53. The van der Waals surface area contributed by atoms with Crippen LogP contribution in [0.3, 0.4) is 0 Å². The molecule has 0 aliphatic carbocycles. The summed E-state index contributed by atoms with van der Waals surface area (Å²) in [5.74, 6) is 3.44. The molecule has 1 aliphatic rings. The van der Waals surface area contributed by atoms with Gasteiger partial charge in [0.2, 0.25) is 0 Å². The third-order valence-electron chi connectivity index (χ3n) is 4.33. The average molecular weight is 362 g/mol. The smallest absolute Gasteiger partial charge is 0.163 e. The highest BCUT2D eigenvalue weighted by Gasteiger charge is 2.12. The van der Waals surface area contributed by atoms with Gasteiger partial charge in [-0.2, -0.15) is 0 Å². The van der Waals surface area contributed by atoms with Crippen LogP contribution in [0.4, 0.5) is 23.0 Å². The third kappa shape index (κ3) is 4.11. The lowest BCUT2D eigenvalue weighted by Crippen LogP contribution is -2.15. The first-order valence-corrected chi connectivity index (χ1v) is 9.03. The Bertz CT molecular complexity index is 926. The molecule has 27 heavy (non-hydrogen) atoms. The van der Waals surface area contributed by atoms with Crippen LogP contribution in [0.1, 0.15) is 25.3 Å². The highest BCUT2D eigenvalue weighted by molar-refractivity contribution is 5.65. The topological polar surface area (TPSA) is 68.3 Å². The van der Waals surface area contributed by atoms with Crippen LogP contribution in [0, 0.1) is 0 Å². The van der Waals surface area contributed by atoms with Crippen LogP contribution in [0.25, 0.3) is 0 Å². The summed E-state index contributed by atoms with van der Waals surface area (Å²) in [5, 5.41) is 6.59. The number of hydrogen-bond donors (Lipinski definition) is 2. The van der Waals surface area contributed by atoms with Crippen LogP contribution in [-0.2, 0) is 0 Å². The molecule has 0 unspecified atom stereocenters. The monoisotopic (exact) mass is 362 g/mol. The summed E-state index contributed by atoms with van der Waals surface area (Å²) in [7, 11) is 0. The molecule has 4 rings (SSSR count). The molecule has 0 saturated carbocycles.